The molecule has 2 amide bonds. The molecule has 0 aliphatic carbocycles. The molecule has 0 unspecified atom stereocenters. The molecule has 12 heteroatoms. The first-order chi connectivity index (χ1) is 14.7. The average molecular weight is 485 g/mol. The highest BCUT2D eigenvalue weighted by atomic mass is 35.5. The van der Waals surface area contributed by atoms with E-state index >= 15 is 0 Å². The molecular formula is C19H18Cl2N4O5S. The Morgan fingerprint density at radius 3 is 2.65 bits per heavy atom. The van der Waals surface area contributed by atoms with E-state index in [-0.39, 0.29) is 23.9 Å². The number of ether oxygens (including phenoxy) is 1. The molecule has 2 N–H and O–H groups in total. The Balaban J connectivity index is 1.53. The Morgan fingerprint density at radius 1 is 1.16 bits per heavy atom. The van der Waals surface area contributed by atoms with Crippen LogP contribution >= 0.6 is 23.2 Å². The molecule has 164 valence electrons. The fraction of sp³-hybridized carbons (Fsp3) is 0.211. The number of amides is 2. The Morgan fingerprint density at radius 2 is 1.94 bits per heavy atom. The first-order valence-corrected chi connectivity index (χ1v) is 11.7. The first-order valence-electron chi connectivity index (χ1n) is 9.01. The lowest BCUT2D eigenvalue weighted by Crippen LogP contribution is -2.41. The highest BCUT2D eigenvalue weighted by Gasteiger charge is 2.22. The van der Waals surface area contributed by atoms with Crippen LogP contribution in [-0.4, -0.2) is 42.5 Å². The van der Waals surface area contributed by atoms with Crippen LogP contribution in [-0.2, 0) is 14.6 Å². The van der Waals surface area contributed by atoms with Crippen LogP contribution in [0.5, 0.6) is 5.75 Å². The molecule has 0 atom stereocenters. The number of hydrogen-bond acceptors (Lipinski definition) is 6. The van der Waals surface area contributed by atoms with Gasteiger partial charge in [0.05, 0.1) is 17.1 Å². The number of carbonyl (C=O) groups excluding carboxylic acids is 2. The minimum Gasteiger partial charge on any atom is -0.492 e. The van der Waals surface area contributed by atoms with Crippen molar-refractivity contribution in [2.45, 2.75) is 18.0 Å². The van der Waals surface area contributed by atoms with Crippen LogP contribution < -0.4 is 15.6 Å². The quantitative estimate of drug-likeness (QED) is 0.393. The summed E-state index contributed by atoms with van der Waals surface area (Å²) >= 11 is 11.8. The van der Waals surface area contributed by atoms with Crippen molar-refractivity contribution in [1.82, 2.24) is 20.2 Å². The van der Waals surface area contributed by atoms with Crippen LogP contribution in [0.3, 0.4) is 0 Å². The molecule has 31 heavy (non-hydrogen) atoms. The monoisotopic (exact) mass is 484 g/mol. The lowest BCUT2D eigenvalue weighted by Gasteiger charge is -2.09. The molecule has 0 fully saturated rings. The maximum Gasteiger partial charge on any atom is 0.290 e. The zero-order valence-electron chi connectivity index (χ0n) is 16.3. The standard InChI is InChI=1S/C19H18Cl2N4O5S/c1-31(28,29)19-22-17(14-5-2-3-9-25(14)19)18(27)24-23-16(26)6-4-10-30-15-8-7-12(20)11-13(15)21/h2-3,5,7-9,11H,4,6,10H2,1H3,(H,23,26)(H,24,27). The molecule has 9 nitrogen and oxygen atoms in total. The van der Waals surface area contributed by atoms with Gasteiger partial charge in [-0.3, -0.25) is 24.8 Å². The number of hydrazine groups is 1. The van der Waals surface area contributed by atoms with Crippen LogP contribution in [0.15, 0.2) is 47.8 Å². The third-order valence-electron chi connectivity index (χ3n) is 4.08. The highest BCUT2D eigenvalue weighted by molar-refractivity contribution is 7.90. The lowest BCUT2D eigenvalue weighted by atomic mass is 10.3. The van der Waals surface area contributed by atoms with Crippen LogP contribution in [0.1, 0.15) is 23.3 Å². The molecule has 3 rings (SSSR count). The molecule has 1 aromatic carbocycles. The Kier molecular flexibility index (Phi) is 7.04. The fourth-order valence-electron chi connectivity index (χ4n) is 2.69. The van der Waals surface area contributed by atoms with Gasteiger partial charge in [0.1, 0.15) is 5.75 Å². The van der Waals surface area contributed by atoms with Crippen molar-refractivity contribution in [3.63, 3.8) is 0 Å². The molecule has 0 bridgehead atoms. The zero-order valence-corrected chi connectivity index (χ0v) is 18.6. The largest absolute Gasteiger partial charge is 0.492 e. The predicted molar refractivity (Wildman–Crippen MR) is 115 cm³/mol. The summed E-state index contributed by atoms with van der Waals surface area (Å²) in [6.07, 6.45) is 2.93. The van der Waals surface area contributed by atoms with Gasteiger partial charge in [-0.1, -0.05) is 29.3 Å². The molecule has 0 radical (unpaired) electrons. The second-order valence-electron chi connectivity index (χ2n) is 6.50. The molecule has 0 saturated carbocycles. The van der Waals surface area contributed by atoms with Crippen LogP contribution in [0.4, 0.5) is 0 Å². The van der Waals surface area contributed by atoms with Crippen molar-refractivity contribution >= 4 is 50.4 Å². The van der Waals surface area contributed by atoms with E-state index in [1.54, 1.807) is 36.4 Å². The minimum atomic E-state index is -3.66. The Bertz CT molecular complexity index is 1240. The Hall–Kier alpha value is -2.82. The number of rotatable bonds is 7. The van der Waals surface area contributed by atoms with Gasteiger partial charge in [0.15, 0.2) is 5.69 Å². The molecule has 0 aliphatic rings. The van der Waals surface area contributed by atoms with E-state index in [4.69, 9.17) is 27.9 Å². The van der Waals surface area contributed by atoms with E-state index in [0.717, 1.165) is 6.26 Å². The summed E-state index contributed by atoms with van der Waals surface area (Å²) in [5.74, 6) is -0.740. The number of carbonyl (C=O) groups is 2. The van der Waals surface area contributed by atoms with Crippen molar-refractivity contribution < 1.29 is 22.7 Å². The third-order valence-corrected chi connectivity index (χ3v) is 5.56. The highest BCUT2D eigenvalue weighted by Crippen LogP contribution is 2.27. The van der Waals surface area contributed by atoms with Gasteiger partial charge in [-0.05, 0) is 36.8 Å². The van der Waals surface area contributed by atoms with Gasteiger partial charge in [0.25, 0.3) is 5.91 Å². The maximum atomic E-state index is 12.4. The molecule has 3 aromatic rings. The lowest BCUT2D eigenvalue weighted by molar-refractivity contribution is -0.122. The summed E-state index contributed by atoms with van der Waals surface area (Å²) in [6.45, 7) is 0.228. The number of imidazole rings is 1. The third kappa shape index (κ3) is 5.66. The topological polar surface area (TPSA) is 119 Å². The van der Waals surface area contributed by atoms with Crippen molar-refractivity contribution in [2.24, 2.45) is 0 Å². The normalized spacial score (nSPS) is 11.3. The van der Waals surface area contributed by atoms with Crippen molar-refractivity contribution in [3.8, 4) is 5.75 Å². The second-order valence-corrected chi connectivity index (χ2v) is 9.25. The van der Waals surface area contributed by atoms with Gasteiger partial charge in [0, 0.05) is 23.9 Å². The molecule has 0 spiro atoms. The van der Waals surface area contributed by atoms with Gasteiger partial charge in [0.2, 0.25) is 20.9 Å². The summed E-state index contributed by atoms with van der Waals surface area (Å²) in [5, 5.41) is 0.587. The van der Waals surface area contributed by atoms with E-state index in [1.165, 1.54) is 10.6 Å². The number of aromatic nitrogens is 2. The molecular weight excluding hydrogens is 467 g/mol. The summed E-state index contributed by atoms with van der Waals surface area (Å²) in [5.41, 5.74) is 4.69. The van der Waals surface area contributed by atoms with Crippen LogP contribution in [0, 0.1) is 0 Å². The number of sulfone groups is 1. The predicted octanol–water partition coefficient (Wildman–Crippen LogP) is 2.66. The maximum absolute atomic E-state index is 12.4. The van der Waals surface area contributed by atoms with E-state index in [1.807, 2.05) is 0 Å². The van der Waals surface area contributed by atoms with Crippen LogP contribution in [0.25, 0.3) is 5.52 Å². The smallest absolute Gasteiger partial charge is 0.290 e. The van der Waals surface area contributed by atoms with Crippen molar-refractivity contribution in [2.75, 3.05) is 12.9 Å². The summed E-state index contributed by atoms with van der Waals surface area (Å²) in [4.78, 5) is 28.4. The number of nitrogens with zero attached hydrogens (tertiary/aromatic N) is 2. The summed E-state index contributed by atoms with van der Waals surface area (Å²) in [6, 6.07) is 9.63. The second kappa shape index (κ2) is 9.54. The van der Waals surface area contributed by atoms with Crippen molar-refractivity contribution in [1.29, 1.82) is 0 Å². The van der Waals surface area contributed by atoms with Gasteiger partial charge in [-0.25, -0.2) is 13.4 Å². The number of hydrogen-bond donors (Lipinski definition) is 2. The summed E-state index contributed by atoms with van der Waals surface area (Å²) in [7, 11) is -3.66. The van der Waals surface area contributed by atoms with E-state index < -0.39 is 21.7 Å². The molecule has 2 heterocycles. The van der Waals surface area contributed by atoms with Gasteiger partial charge < -0.3 is 4.74 Å². The number of pyridine rings is 1. The first kappa shape index (κ1) is 22.9. The molecule has 0 aliphatic heterocycles. The number of fused-ring (bicyclic) bond motifs is 1. The fourth-order valence-corrected chi connectivity index (χ4v) is 3.93. The van der Waals surface area contributed by atoms with Gasteiger partial charge in [-0.15, -0.1) is 0 Å². The number of benzene rings is 1. The minimum absolute atomic E-state index is 0.0734. The average Bonchev–Trinajstić information content (AvgIpc) is 3.11. The van der Waals surface area contributed by atoms with E-state index in [9.17, 15) is 18.0 Å². The SMILES string of the molecule is CS(=O)(=O)c1nc(C(=O)NNC(=O)CCCOc2ccc(Cl)cc2Cl)c2ccccn12. The zero-order chi connectivity index (χ0) is 22.6. The van der Waals surface area contributed by atoms with Gasteiger partial charge in [-0.2, -0.15) is 0 Å². The number of halogens is 2. The Labute approximate surface area is 188 Å². The van der Waals surface area contributed by atoms with E-state index in [2.05, 4.69) is 15.8 Å². The van der Waals surface area contributed by atoms with Crippen LogP contribution in [0.2, 0.25) is 10.0 Å². The molecule has 0 saturated heterocycles. The van der Waals surface area contributed by atoms with Gasteiger partial charge >= 0.3 is 0 Å². The van der Waals surface area contributed by atoms with E-state index in [0.29, 0.717) is 27.7 Å². The summed E-state index contributed by atoms with van der Waals surface area (Å²) < 4.78 is 30.6. The number of nitrogens with one attached hydrogen (secondary N) is 2. The molecule has 2 aromatic heterocycles. The van der Waals surface area contributed by atoms with Crippen molar-refractivity contribution in [3.05, 3.63) is 58.3 Å².